The van der Waals surface area contributed by atoms with Crippen LogP contribution in [0, 0.1) is 0 Å². The van der Waals surface area contributed by atoms with Crippen LogP contribution in [0.4, 0.5) is 0 Å². The lowest BCUT2D eigenvalue weighted by molar-refractivity contribution is 0.0653. The molecule has 0 fully saturated rings. The molecular formula is C13H18O3. The zero-order chi connectivity index (χ0) is 11.5. The molecule has 2 rings (SSSR count). The summed E-state index contributed by atoms with van der Waals surface area (Å²) in [6, 6.07) is 6.00. The minimum atomic E-state index is -0.484. The van der Waals surface area contributed by atoms with Gasteiger partial charge in [0.25, 0.3) is 0 Å². The van der Waals surface area contributed by atoms with E-state index in [0.717, 1.165) is 24.2 Å². The highest BCUT2D eigenvalue weighted by atomic mass is 16.5. The lowest BCUT2D eigenvalue weighted by Crippen LogP contribution is -2.16. The predicted octanol–water partition coefficient (Wildman–Crippen LogP) is 2.08. The Morgan fingerprint density at radius 3 is 2.94 bits per heavy atom. The van der Waals surface area contributed by atoms with E-state index in [0.29, 0.717) is 6.61 Å². The average molecular weight is 222 g/mol. The van der Waals surface area contributed by atoms with Crippen molar-refractivity contribution in [3.63, 3.8) is 0 Å². The Labute approximate surface area is 96.0 Å². The quantitative estimate of drug-likeness (QED) is 0.847. The molecule has 1 N–H and O–H groups in total. The molecule has 0 spiro atoms. The van der Waals surface area contributed by atoms with Crippen LogP contribution in [0.2, 0.25) is 0 Å². The smallest absolute Gasteiger partial charge is 0.129 e. The van der Waals surface area contributed by atoms with Crippen LogP contribution in [0.15, 0.2) is 18.2 Å². The fraction of sp³-hybridized carbons (Fsp3) is 0.538. The summed E-state index contributed by atoms with van der Waals surface area (Å²) in [6.07, 6.45) is 1.12. The van der Waals surface area contributed by atoms with Gasteiger partial charge in [-0.25, -0.2) is 0 Å². The third kappa shape index (κ3) is 2.06. The van der Waals surface area contributed by atoms with Gasteiger partial charge in [-0.1, -0.05) is 13.0 Å². The Hall–Kier alpha value is -1.06. The van der Waals surface area contributed by atoms with Gasteiger partial charge in [0.15, 0.2) is 0 Å². The van der Waals surface area contributed by atoms with Crippen LogP contribution in [-0.4, -0.2) is 24.9 Å². The Kier molecular flexibility index (Phi) is 3.46. The molecule has 0 aromatic heterocycles. The summed E-state index contributed by atoms with van der Waals surface area (Å²) in [4.78, 5) is 0. The predicted molar refractivity (Wildman–Crippen MR) is 61.7 cm³/mol. The van der Waals surface area contributed by atoms with E-state index in [4.69, 9.17) is 9.47 Å². The molecule has 3 nitrogen and oxygen atoms in total. The van der Waals surface area contributed by atoms with Gasteiger partial charge in [0.1, 0.15) is 18.0 Å². The fourth-order valence-corrected chi connectivity index (χ4v) is 2.05. The molecule has 2 atom stereocenters. The van der Waals surface area contributed by atoms with Gasteiger partial charge in [-0.3, -0.25) is 0 Å². The number of rotatable bonds is 4. The van der Waals surface area contributed by atoms with Crippen LogP contribution >= 0.6 is 0 Å². The Morgan fingerprint density at radius 1 is 1.44 bits per heavy atom. The first-order valence-corrected chi connectivity index (χ1v) is 5.72. The van der Waals surface area contributed by atoms with Crippen molar-refractivity contribution in [3.05, 3.63) is 29.3 Å². The van der Waals surface area contributed by atoms with Crippen molar-refractivity contribution in [3.8, 4) is 5.75 Å². The van der Waals surface area contributed by atoms with Crippen LogP contribution < -0.4 is 4.74 Å². The second kappa shape index (κ2) is 4.85. The maximum absolute atomic E-state index is 10.0. The van der Waals surface area contributed by atoms with Crippen LogP contribution in [0.1, 0.15) is 30.6 Å². The molecule has 0 amide bonds. The summed E-state index contributed by atoms with van der Waals surface area (Å²) in [6.45, 7) is 2.72. The van der Waals surface area contributed by atoms with E-state index in [9.17, 15) is 5.11 Å². The molecule has 0 saturated heterocycles. The molecule has 1 aromatic rings. The van der Waals surface area contributed by atoms with Crippen LogP contribution in [0.25, 0.3) is 0 Å². The van der Waals surface area contributed by atoms with E-state index in [-0.39, 0.29) is 6.10 Å². The lowest BCUT2D eigenvalue weighted by atomic mass is 10.0. The van der Waals surface area contributed by atoms with Gasteiger partial charge >= 0.3 is 0 Å². The molecule has 1 aromatic carbocycles. The molecule has 16 heavy (non-hydrogen) atoms. The van der Waals surface area contributed by atoms with E-state index >= 15 is 0 Å². The van der Waals surface area contributed by atoms with Crippen LogP contribution in [-0.2, 0) is 11.2 Å². The number of hydrogen-bond acceptors (Lipinski definition) is 3. The first kappa shape index (κ1) is 11.4. The van der Waals surface area contributed by atoms with Crippen LogP contribution in [0.5, 0.6) is 5.75 Å². The fourth-order valence-electron chi connectivity index (χ4n) is 2.05. The van der Waals surface area contributed by atoms with Gasteiger partial charge in [0, 0.05) is 12.7 Å². The van der Waals surface area contributed by atoms with E-state index < -0.39 is 6.10 Å². The number of methoxy groups -OCH3 is 1. The van der Waals surface area contributed by atoms with Crippen molar-refractivity contribution in [2.45, 2.75) is 32.0 Å². The summed E-state index contributed by atoms with van der Waals surface area (Å²) < 4.78 is 10.7. The largest absolute Gasteiger partial charge is 0.487 e. The highest BCUT2D eigenvalue weighted by Crippen LogP contribution is 2.38. The van der Waals surface area contributed by atoms with Crippen LogP contribution in [0.3, 0.4) is 0 Å². The van der Waals surface area contributed by atoms with Gasteiger partial charge in [-0.2, -0.15) is 0 Å². The summed E-state index contributed by atoms with van der Waals surface area (Å²) in [5.74, 6) is 0.820. The maximum Gasteiger partial charge on any atom is 0.129 e. The number of ether oxygens (including phenoxy) is 2. The minimum Gasteiger partial charge on any atom is -0.487 e. The topological polar surface area (TPSA) is 38.7 Å². The summed E-state index contributed by atoms with van der Waals surface area (Å²) in [7, 11) is 1.69. The number of hydrogen-bond donors (Lipinski definition) is 1. The molecule has 0 saturated carbocycles. The minimum absolute atomic E-state index is 0.0901. The Morgan fingerprint density at radius 2 is 2.25 bits per heavy atom. The molecule has 88 valence electrons. The summed E-state index contributed by atoms with van der Waals surface area (Å²) >= 11 is 0. The number of aliphatic hydroxyl groups is 1. The van der Waals surface area contributed by atoms with Gasteiger partial charge in [0.2, 0.25) is 0 Å². The summed E-state index contributed by atoms with van der Waals surface area (Å²) in [5.41, 5.74) is 2.10. The first-order chi connectivity index (χ1) is 7.76. The van der Waals surface area contributed by atoms with E-state index in [2.05, 4.69) is 0 Å². The van der Waals surface area contributed by atoms with Crippen molar-refractivity contribution in [2.75, 3.05) is 13.7 Å². The second-order valence-electron chi connectivity index (χ2n) is 4.12. The van der Waals surface area contributed by atoms with Gasteiger partial charge in [-0.05, 0) is 30.5 Å². The molecular weight excluding hydrogens is 204 g/mol. The monoisotopic (exact) mass is 222 g/mol. The van der Waals surface area contributed by atoms with Crippen molar-refractivity contribution in [1.82, 2.24) is 0 Å². The molecule has 2 unspecified atom stereocenters. The zero-order valence-corrected chi connectivity index (χ0v) is 9.77. The van der Waals surface area contributed by atoms with E-state index in [1.54, 1.807) is 7.11 Å². The van der Waals surface area contributed by atoms with E-state index in [1.165, 1.54) is 5.56 Å². The number of aliphatic hydroxyl groups excluding tert-OH is 1. The van der Waals surface area contributed by atoms with Crippen molar-refractivity contribution in [1.29, 1.82) is 0 Å². The third-order valence-electron chi connectivity index (χ3n) is 3.02. The lowest BCUT2D eigenvalue weighted by Gasteiger charge is -2.10. The van der Waals surface area contributed by atoms with E-state index in [1.807, 2.05) is 25.1 Å². The maximum atomic E-state index is 10.0. The Bertz CT molecular complexity index is 362. The molecule has 0 aliphatic carbocycles. The standard InChI is InChI=1S/C13H18O3/c1-3-11-13(14)10-8-9(6-7-15-2)4-5-12(10)16-11/h4-5,8,11,13-14H,3,6-7H2,1-2H3. The summed E-state index contributed by atoms with van der Waals surface area (Å²) in [5, 5.41) is 10.0. The third-order valence-corrected chi connectivity index (χ3v) is 3.02. The van der Waals surface area contributed by atoms with Crippen molar-refractivity contribution in [2.24, 2.45) is 0 Å². The van der Waals surface area contributed by atoms with Gasteiger partial charge in [-0.15, -0.1) is 0 Å². The van der Waals surface area contributed by atoms with Crippen molar-refractivity contribution >= 4 is 0 Å². The highest BCUT2D eigenvalue weighted by Gasteiger charge is 2.31. The normalized spacial score (nSPS) is 22.9. The number of benzene rings is 1. The first-order valence-electron chi connectivity index (χ1n) is 5.72. The molecule has 1 heterocycles. The molecule has 3 heteroatoms. The molecule has 0 radical (unpaired) electrons. The van der Waals surface area contributed by atoms with Gasteiger partial charge in [0.05, 0.1) is 6.61 Å². The highest BCUT2D eigenvalue weighted by molar-refractivity contribution is 5.42. The average Bonchev–Trinajstić information content (AvgIpc) is 2.63. The molecule has 1 aliphatic heterocycles. The SMILES string of the molecule is CCC1Oc2ccc(CCOC)cc2C1O. The Balaban J connectivity index is 2.17. The molecule has 1 aliphatic rings. The second-order valence-corrected chi connectivity index (χ2v) is 4.12. The zero-order valence-electron chi connectivity index (χ0n) is 9.77. The molecule has 0 bridgehead atoms. The van der Waals surface area contributed by atoms with Crippen molar-refractivity contribution < 1.29 is 14.6 Å². The number of fused-ring (bicyclic) bond motifs is 1. The van der Waals surface area contributed by atoms with Gasteiger partial charge < -0.3 is 14.6 Å².